The van der Waals surface area contributed by atoms with Crippen LogP contribution in [-0.4, -0.2) is 49.3 Å². The Labute approximate surface area is 201 Å². The van der Waals surface area contributed by atoms with Crippen molar-refractivity contribution in [1.82, 2.24) is 15.2 Å². The van der Waals surface area contributed by atoms with Crippen molar-refractivity contribution < 1.29 is 18.7 Å². The van der Waals surface area contributed by atoms with Gasteiger partial charge in [0.25, 0.3) is 0 Å². The van der Waals surface area contributed by atoms with Gasteiger partial charge in [-0.3, -0.25) is 4.98 Å². The number of aromatic nitrogens is 1. The van der Waals surface area contributed by atoms with Crippen LogP contribution in [0.25, 0.3) is 10.9 Å². The second kappa shape index (κ2) is 10.0. The number of nitriles is 1. The van der Waals surface area contributed by atoms with Gasteiger partial charge < -0.3 is 25.0 Å². The van der Waals surface area contributed by atoms with E-state index in [1.54, 1.807) is 30.1 Å². The third-order valence-corrected chi connectivity index (χ3v) is 6.01. The lowest BCUT2D eigenvalue weighted by molar-refractivity contribution is 0.109. The molecule has 0 radical (unpaired) electrons. The van der Waals surface area contributed by atoms with E-state index in [0.29, 0.717) is 54.0 Å². The highest BCUT2D eigenvalue weighted by atomic mass is 35.5. The molecule has 2 heterocycles. The predicted molar refractivity (Wildman–Crippen MR) is 127 cm³/mol. The zero-order chi connectivity index (χ0) is 24.2. The van der Waals surface area contributed by atoms with Crippen LogP contribution in [0.5, 0.6) is 11.5 Å². The summed E-state index contributed by atoms with van der Waals surface area (Å²) in [5.74, 6) is 0.337. The van der Waals surface area contributed by atoms with Crippen LogP contribution in [0.4, 0.5) is 20.6 Å². The van der Waals surface area contributed by atoms with Gasteiger partial charge in [0.2, 0.25) is 0 Å². The lowest BCUT2D eigenvalue weighted by atomic mass is 10.1. The van der Waals surface area contributed by atoms with Crippen LogP contribution in [0, 0.1) is 17.1 Å². The smallest absolute Gasteiger partial charge is 0.317 e. The molecular weight excluding hydrogens is 461 g/mol. The van der Waals surface area contributed by atoms with Gasteiger partial charge in [0.15, 0.2) is 17.3 Å². The van der Waals surface area contributed by atoms with E-state index >= 15 is 0 Å². The molecule has 0 bridgehead atoms. The van der Waals surface area contributed by atoms with Gasteiger partial charge in [-0.05, 0) is 18.2 Å². The van der Waals surface area contributed by atoms with Gasteiger partial charge in [-0.1, -0.05) is 17.7 Å². The zero-order valence-electron chi connectivity index (χ0n) is 18.7. The minimum Gasteiger partial charge on any atom is -0.493 e. The van der Waals surface area contributed by atoms with Gasteiger partial charge in [-0.25, -0.2) is 9.18 Å². The molecule has 1 aliphatic heterocycles. The molecule has 176 valence electrons. The summed E-state index contributed by atoms with van der Waals surface area (Å²) in [6, 6.07) is 10.0. The predicted octanol–water partition coefficient (Wildman–Crippen LogP) is 4.83. The van der Waals surface area contributed by atoms with E-state index in [4.69, 9.17) is 21.1 Å². The fourth-order valence-corrected chi connectivity index (χ4v) is 4.10. The summed E-state index contributed by atoms with van der Waals surface area (Å²) in [5, 5.41) is 15.8. The van der Waals surface area contributed by atoms with Crippen LogP contribution < -0.4 is 20.1 Å². The Morgan fingerprint density at radius 1 is 1.29 bits per heavy atom. The van der Waals surface area contributed by atoms with Crippen molar-refractivity contribution >= 4 is 39.9 Å². The van der Waals surface area contributed by atoms with E-state index < -0.39 is 5.82 Å². The van der Waals surface area contributed by atoms with Crippen LogP contribution in [0.1, 0.15) is 18.4 Å². The molecule has 0 aliphatic carbocycles. The van der Waals surface area contributed by atoms with E-state index in [2.05, 4.69) is 21.7 Å². The van der Waals surface area contributed by atoms with Crippen LogP contribution in [0.15, 0.2) is 36.5 Å². The fraction of sp³-hybridized carbons (Fsp3) is 0.292. The largest absolute Gasteiger partial charge is 0.493 e. The van der Waals surface area contributed by atoms with Crippen LogP contribution >= 0.6 is 11.6 Å². The number of halogens is 2. The Bertz CT molecular complexity index is 1270. The number of urea groups is 1. The van der Waals surface area contributed by atoms with Crippen LogP contribution in [0.2, 0.25) is 5.02 Å². The fourth-order valence-electron chi connectivity index (χ4n) is 3.92. The number of fused-ring (bicyclic) bond motifs is 1. The molecule has 1 fully saturated rings. The standard InChI is InChI=1S/C24H23ClFN5O3/c1-28-24(32)31-8-6-15(7-9-31)34-21-10-16-19(11-20(21)33-2)29-13-14(12-27)23(16)30-18-5-3-4-17(25)22(18)26/h3-5,10-11,13,15H,6-9H2,1-2H3,(H,28,32)(H,29,30). The van der Waals surface area contributed by atoms with Gasteiger partial charge in [-0.2, -0.15) is 5.26 Å². The van der Waals surface area contributed by atoms with E-state index in [9.17, 15) is 14.4 Å². The number of rotatable bonds is 5. The third-order valence-electron chi connectivity index (χ3n) is 5.72. The first kappa shape index (κ1) is 23.4. The zero-order valence-corrected chi connectivity index (χ0v) is 19.4. The Morgan fingerprint density at radius 2 is 2.06 bits per heavy atom. The van der Waals surface area contributed by atoms with Gasteiger partial charge in [0.1, 0.15) is 12.2 Å². The summed E-state index contributed by atoms with van der Waals surface area (Å²) >= 11 is 5.93. The van der Waals surface area contributed by atoms with Crippen molar-refractivity contribution in [3.8, 4) is 17.6 Å². The summed E-state index contributed by atoms with van der Waals surface area (Å²) in [5.41, 5.74) is 1.30. The topological polar surface area (TPSA) is 99.5 Å². The number of hydrogen-bond donors (Lipinski definition) is 2. The molecule has 0 unspecified atom stereocenters. The lowest BCUT2D eigenvalue weighted by Crippen LogP contribution is -2.45. The van der Waals surface area contributed by atoms with Gasteiger partial charge in [0.05, 0.1) is 34.6 Å². The van der Waals surface area contributed by atoms with E-state index in [-0.39, 0.29) is 28.4 Å². The number of anilines is 2. The maximum atomic E-state index is 14.6. The summed E-state index contributed by atoms with van der Waals surface area (Å²) < 4.78 is 26.3. The number of benzene rings is 2. The Morgan fingerprint density at radius 3 is 2.74 bits per heavy atom. The highest BCUT2D eigenvalue weighted by Gasteiger charge is 2.25. The molecule has 1 aliphatic rings. The molecule has 2 N–H and O–H groups in total. The van der Waals surface area contributed by atoms with Crippen molar-refractivity contribution in [2.45, 2.75) is 18.9 Å². The number of nitrogens with zero attached hydrogens (tertiary/aromatic N) is 3. The molecular formula is C24H23ClFN5O3. The molecule has 1 aromatic heterocycles. The molecule has 34 heavy (non-hydrogen) atoms. The molecule has 8 nitrogen and oxygen atoms in total. The molecule has 2 aromatic carbocycles. The molecule has 1 saturated heterocycles. The Balaban J connectivity index is 1.70. The number of piperidine rings is 1. The van der Waals surface area contributed by atoms with Crippen molar-refractivity contribution in [3.63, 3.8) is 0 Å². The molecule has 10 heteroatoms. The van der Waals surface area contributed by atoms with E-state index in [1.165, 1.54) is 25.4 Å². The first-order chi connectivity index (χ1) is 16.4. The lowest BCUT2D eigenvalue weighted by Gasteiger charge is -2.32. The SMILES string of the molecule is CNC(=O)N1CCC(Oc2cc3c(Nc4cccc(Cl)c4F)c(C#N)cnc3cc2OC)CC1. The number of methoxy groups -OCH3 is 1. The van der Waals surface area contributed by atoms with Crippen molar-refractivity contribution in [3.05, 3.63) is 52.9 Å². The Hall–Kier alpha value is -3.77. The summed E-state index contributed by atoms with van der Waals surface area (Å²) in [6.45, 7) is 1.14. The molecule has 0 saturated carbocycles. The average molecular weight is 484 g/mol. The summed E-state index contributed by atoms with van der Waals surface area (Å²) in [6.07, 6.45) is 2.61. The molecule has 4 rings (SSSR count). The van der Waals surface area contributed by atoms with Gasteiger partial charge in [-0.15, -0.1) is 0 Å². The third kappa shape index (κ3) is 4.63. The highest BCUT2D eigenvalue weighted by molar-refractivity contribution is 6.31. The minimum atomic E-state index is -0.620. The van der Waals surface area contributed by atoms with E-state index in [0.717, 1.165) is 0 Å². The van der Waals surface area contributed by atoms with Crippen LogP contribution in [0.3, 0.4) is 0 Å². The van der Waals surface area contributed by atoms with Crippen molar-refractivity contribution in [1.29, 1.82) is 5.26 Å². The van der Waals surface area contributed by atoms with E-state index in [1.807, 2.05) is 0 Å². The average Bonchev–Trinajstić information content (AvgIpc) is 2.86. The maximum Gasteiger partial charge on any atom is 0.317 e. The van der Waals surface area contributed by atoms with Crippen LogP contribution in [-0.2, 0) is 0 Å². The number of pyridine rings is 1. The normalized spacial score (nSPS) is 13.9. The quantitative estimate of drug-likeness (QED) is 0.539. The minimum absolute atomic E-state index is 0.0318. The molecule has 3 aromatic rings. The number of nitrogens with one attached hydrogen (secondary N) is 2. The number of ether oxygens (including phenoxy) is 2. The summed E-state index contributed by atoms with van der Waals surface area (Å²) in [4.78, 5) is 17.9. The first-order valence-electron chi connectivity index (χ1n) is 10.7. The Kier molecular flexibility index (Phi) is 6.89. The molecule has 0 spiro atoms. The molecule has 0 atom stereocenters. The number of carbonyl (C=O) groups excluding carboxylic acids is 1. The number of carbonyl (C=O) groups is 1. The number of hydrogen-bond acceptors (Lipinski definition) is 6. The second-order valence-corrected chi connectivity index (χ2v) is 8.17. The van der Waals surface area contributed by atoms with Crippen molar-refractivity contribution in [2.75, 3.05) is 32.6 Å². The number of amides is 2. The summed E-state index contributed by atoms with van der Waals surface area (Å²) in [7, 11) is 3.14. The highest BCUT2D eigenvalue weighted by Crippen LogP contribution is 2.39. The monoisotopic (exact) mass is 483 g/mol. The number of likely N-dealkylation sites (tertiary alicyclic amines) is 1. The first-order valence-corrected chi connectivity index (χ1v) is 11.1. The van der Waals surface area contributed by atoms with Gasteiger partial charge in [0, 0.05) is 50.6 Å². The van der Waals surface area contributed by atoms with Gasteiger partial charge >= 0.3 is 6.03 Å². The maximum absolute atomic E-state index is 14.6. The van der Waals surface area contributed by atoms with Crippen molar-refractivity contribution in [2.24, 2.45) is 0 Å². The molecule has 2 amide bonds. The second-order valence-electron chi connectivity index (χ2n) is 7.76.